The number of anilines is 2. The van der Waals surface area contributed by atoms with Gasteiger partial charge in [-0.2, -0.15) is 13.3 Å². The largest absolute Gasteiger partial charge is 1.00 e. The van der Waals surface area contributed by atoms with E-state index in [1.807, 2.05) is 60.6 Å². The Labute approximate surface area is 208 Å². The number of hydrogen-bond donors (Lipinski definition) is 3. The van der Waals surface area contributed by atoms with E-state index in [0.717, 1.165) is 30.0 Å². The van der Waals surface area contributed by atoms with Crippen molar-refractivity contribution in [3.8, 4) is 0 Å². The maximum atomic E-state index is 10.3. The van der Waals surface area contributed by atoms with E-state index in [2.05, 4.69) is 33.8 Å². The Morgan fingerprint density at radius 1 is 1.33 bits per heavy atom. The van der Waals surface area contributed by atoms with Crippen LogP contribution in [-0.2, 0) is 0 Å². The summed E-state index contributed by atoms with van der Waals surface area (Å²) in [5, 5.41) is 25.4. The zero-order valence-electron chi connectivity index (χ0n) is 18.3. The predicted octanol–water partition coefficient (Wildman–Crippen LogP) is 2.77. The molecule has 27 heavy (non-hydrogen) atoms. The zero-order chi connectivity index (χ0) is 20.1. The Kier molecular flexibility index (Phi) is 17.2. The van der Waals surface area contributed by atoms with Gasteiger partial charge in [-0.05, 0) is 25.5 Å². The molecule has 0 amide bonds. The summed E-state index contributed by atoms with van der Waals surface area (Å²) in [6, 6.07) is 2.23. The van der Waals surface area contributed by atoms with Gasteiger partial charge in [0.2, 0.25) is 0 Å². The molecule has 1 aliphatic rings. The van der Waals surface area contributed by atoms with Gasteiger partial charge in [0, 0.05) is 18.2 Å². The summed E-state index contributed by atoms with van der Waals surface area (Å²) in [7, 11) is 0. The van der Waals surface area contributed by atoms with Crippen molar-refractivity contribution in [3.05, 3.63) is 48.2 Å². The molecule has 1 aromatic heterocycles. The minimum absolute atomic E-state index is 0. The second kappa shape index (κ2) is 16.3. The van der Waals surface area contributed by atoms with Crippen LogP contribution in [0, 0.1) is 6.42 Å². The molecule has 5 nitrogen and oxygen atoms in total. The molecular weight excluding hydrogens is 363 g/mol. The van der Waals surface area contributed by atoms with E-state index < -0.39 is 0 Å². The molecule has 0 saturated heterocycles. The maximum absolute atomic E-state index is 10.3. The molecule has 0 fully saturated rings. The van der Waals surface area contributed by atoms with Crippen LogP contribution in [0.1, 0.15) is 60.6 Å². The molecule has 0 radical (unpaired) electrons. The zero-order valence-corrected chi connectivity index (χ0v) is 21.5. The van der Waals surface area contributed by atoms with Gasteiger partial charge >= 0.3 is 51.4 Å². The van der Waals surface area contributed by atoms with E-state index in [-0.39, 0.29) is 57.1 Å². The molecule has 0 aromatic carbocycles. The summed E-state index contributed by atoms with van der Waals surface area (Å²) in [6.07, 6.45) is 6.55. The van der Waals surface area contributed by atoms with Gasteiger partial charge < -0.3 is 22.2 Å². The fourth-order valence-corrected chi connectivity index (χ4v) is 2.35. The van der Waals surface area contributed by atoms with E-state index >= 15 is 0 Å². The molecule has 0 bridgehead atoms. The normalized spacial score (nSPS) is 15.7. The minimum Gasteiger partial charge on any atom is -0.507 e. The van der Waals surface area contributed by atoms with Gasteiger partial charge in [-0.15, -0.1) is 10.2 Å². The van der Waals surface area contributed by atoms with Crippen LogP contribution in [0.2, 0.25) is 0 Å². The summed E-state index contributed by atoms with van der Waals surface area (Å²) < 4.78 is 0. The van der Waals surface area contributed by atoms with Crippen molar-refractivity contribution in [1.29, 1.82) is 0 Å². The first-order chi connectivity index (χ1) is 12.6. The average Bonchev–Trinajstić information content (AvgIpc) is 2.70. The summed E-state index contributed by atoms with van der Waals surface area (Å²) in [5.74, 6) is 0.913. The molecule has 0 saturated carbocycles. The van der Waals surface area contributed by atoms with Crippen molar-refractivity contribution >= 4 is 17.1 Å². The Morgan fingerprint density at radius 2 is 1.96 bits per heavy atom. The van der Waals surface area contributed by atoms with Gasteiger partial charge in [0.25, 0.3) is 0 Å². The molecular formula is C21H35KN4O. The summed E-state index contributed by atoms with van der Waals surface area (Å²) in [4.78, 5) is 0. The molecule has 1 aliphatic heterocycles. The van der Waals surface area contributed by atoms with E-state index in [1.165, 1.54) is 0 Å². The first kappa shape index (κ1) is 28.5. The van der Waals surface area contributed by atoms with E-state index in [1.54, 1.807) is 6.08 Å². The third-order valence-corrected chi connectivity index (χ3v) is 3.73. The quantitative estimate of drug-likeness (QED) is 0.308. The molecule has 1 aromatic rings. The predicted molar refractivity (Wildman–Crippen MR) is 114 cm³/mol. The van der Waals surface area contributed by atoms with Gasteiger partial charge in [0.15, 0.2) is 5.82 Å². The van der Waals surface area contributed by atoms with Crippen LogP contribution < -0.4 is 62.0 Å². The molecule has 3 N–H and O–H groups in total. The summed E-state index contributed by atoms with van der Waals surface area (Å²) in [6.45, 7) is 18.4. The number of aliphatic hydroxyl groups is 1. The Hall–Kier alpha value is -0.664. The first-order valence-electron chi connectivity index (χ1n) is 9.46. The van der Waals surface area contributed by atoms with Crippen molar-refractivity contribution in [3.63, 3.8) is 0 Å². The molecule has 2 rings (SSSR count). The second-order valence-corrected chi connectivity index (χ2v) is 5.30. The number of nitrogens with one attached hydrogen (secondary N) is 2. The number of nitrogens with zero attached hydrogens (tertiary/aromatic N) is 2. The number of fused-ring (bicyclic) bond motifs is 1. The average molecular weight is 399 g/mol. The van der Waals surface area contributed by atoms with Gasteiger partial charge in [-0.1, -0.05) is 46.4 Å². The Bertz CT molecular complexity index is 627. The number of hydrogen-bond acceptors (Lipinski definition) is 5. The molecule has 146 valence electrons. The standard InChI is InChI=1S/C17H23N4O.2C2H6.K/c1-5-8-12-10-18-17-15(19-12)9-14(20-21-17)13(7-3)16(22)11(4)6-2;2*1-2;/h5-7,9,12,19,22H,3,8,10H2,1-2,4H3,(H,18,21);2*1-2H3;/q-1;;;+1/b11-6-,16-13-;;;. The summed E-state index contributed by atoms with van der Waals surface area (Å²) in [5.41, 5.74) is 2.85. The van der Waals surface area contributed by atoms with E-state index in [9.17, 15) is 5.11 Å². The Morgan fingerprint density at radius 3 is 2.48 bits per heavy atom. The fraction of sp³-hybridized carbons (Fsp3) is 0.476. The smallest absolute Gasteiger partial charge is 0.507 e. The van der Waals surface area contributed by atoms with Gasteiger partial charge in [0.05, 0.1) is 11.4 Å². The van der Waals surface area contributed by atoms with Crippen LogP contribution in [0.5, 0.6) is 0 Å². The first-order valence-corrected chi connectivity index (χ1v) is 9.46. The maximum Gasteiger partial charge on any atom is 1.00 e. The van der Waals surface area contributed by atoms with Crippen LogP contribution in [0.15, 0.2) is 36.1 Å². The second-order valence-electron chi connectivity index (χ2n) is 5.30. The molecule has 1 atom stereocenters. The van der Waals surface area contributed by atoms with Crippen LogP contribution in [0.3, 0.4) is 0 Å². The van der Waals surface area contributed by atoms with Gasteiger partial charge in [-0.25, -0.2) is 0 Å². The van der Waals surface area contributed by atoms with E-state index in [4.69, 9.17) is 0 Å². The number of allylic oxidation sites excluding steroid dienone is 4. The fourth-order valence-electron chi connectivity index (χ4n) is 2.35. The third kappa shape index (κ3) is 8.48. The van der Waals surface area contributed by atoms with Gasteiger partial charge in [-0.3, -0.25) is 0 Å². The molecule has 2 heterocycles. The van der Waals surface area contributed by atoms with Crippen LogP contribution >= 0.6 is 0 Å². The number of aliphatic hydroxyl groups excluding tert-OH is 1. The van der Waals surface area contributed by atoms with Crippen molar-refractivity contribution < 1.29 is 56.5 Å². The van der Waals surface area contributed by atoms with Crippen molar-refractivity contribution in [1.82, 2.24) is 10.2 Å². The summed E-state index contributed by atoms with van der Waals surface area (Å²) >= 11 is 0. The number of aromatic nitrogens is 2. The third-order valence-electron chi connectivity index (χ3n) is 3.73. The molecule has 0 aliphatic carbocycles. The molecule has 1 unspecified atom stereocenters. The van der Waals surface area contributed by atoms with Crippen molar-refractivity contribution in [2.75, 3.05) is 17.2 Å². The minimum atomic E-state index is 0. The number of rotatable bonds is 5. The Balaban J connectivity index is 0. The SMILES string of the molecule is C=C/C(=C(O)\C(C)=C/C)c1cc2c(nn1)NCC(C[CH-]C)N2.CC.CC.[K+]. The monoisotopic (exact) mass is 398 g/mol. The van der Waals surface area contributed by atoms with Gasteiger partial charge in [0.1, 0.15) is 5.76 Å². The van der Waals surface area contributed by atoms with Crippen LogP contribution in [0.25, 0.3) is 5.57 Å². The van der Waals surface area contributed by atoms with E-state index in [0.29, 0.717) is 17.3 Å². The topological polar surface area (TPSA) is 70.1 Å². The molecule has 6 heteroatoms. The van der Waals surface area contributed by atoms with Crippen molar-refractivity contribution in [2.24, 2.45) is 0 Å². The van der Waals surface area contributed by atoms with Crippen molar-refractivity contribution in [2.45, 2.75) is 60.9 Å². The molecule has 0 spiro atoms. The van der Waals surface area contributed by atoms with Crippen LogP contribution in [0.4, 0.5) is 11.5 Å². The van der Waals surface area contributed by atoms with Crippen LogP contribution in [-0.4, -0.2) is 27.9 Å².